The highest BCUT2D eigenvalue weighted by Crippen LogP contribution is 2.36. The Labute approximate surface area is 95.7 Å². The summed E-state index contributed by atoms with van der Waals surface area (Å²) in [4.78, 5) is 10.6. The summed E-state index contributed by atoms with van der Waals surface area (Å²) < 4.78 is 13.5. The number of hydrogen-bond acceptors (Lipinski definition) is 2. The molecule has 2 N–H and O–H groups in total. The molecule has 0 amide bonds. The average molecular weight is 232 g/mol. The van der Waals surface area contributed by atoms with E-state index in [-0.39, 0.29) is 12.8 Å². The normalized spacial score (nSPS) is 33.4. The summed E-state index contributed by atoms with van der Waals surface area (Å²) in [6.07, 6.45) is 0.715. The fraction of sp³-hybridized carbons (Fsp3) is 0.917. The summed E-state index contributed by atoms with van der Waals surface area (Å²) in [5.41, 5.74) is -1.66. The Bertz CT molecular complexity index is 255. The van der Waals surface area contributed by atoms with Gasteiger partial charge in [0.2, 0.25) is 6.17 Å². The minimum atomic E-state index is -2.15. The van der Waals surface area contributed by atoms with E-state index < -0.39 is 17.7 Å². The SMILES string of the molecule is CC(C)C1CCCC(O)(C(F)C(=O)O)CC1. The standard InChI is InChI=1S/C12H21FO3/c1-8(2)9-4-3-6-12(16,7-5-9)10(13)11(14)15/h8-10,16H,3-7H2,1-2H3,(H,14,15). The van der Waals surface area contributed by atoms with Crippen molar-refractivity contribution < 1.29 is 19.4 Å². The van der Waals surface area contributed by atoms with Crippen LogP contribution in [0.2, 0.25) is 0 Å². The van der Waals surface area contributed by atoms with Crippen molar-refractivity contribution in [2.45, 2.75) is 57.7 Å². The summed E-state index contributed by atoms with van der Waals surface area (Å²) in [5.74, 6) is -0.578. The van der Waals surface area contributed by atoms with Gasteiger partial charge in [-0.2, -0.15) is 0 Å². The smallest absolute Gasteiger partial charge is 0.341 e. The van der Waals surface area contributed by atoms with E-state index in [1.54, 1.807) is 0 Å². The molecule has 3 unspecified atom stereocenters. The largest absolute Gasteiger partial charge is 0.479 e. The van der Waals surface area contributed by atoms with E-state index in [1.165, 1.54) is 0 Å². The lowest BCUT2D eigenvalue weighted by Gasteiger charge is -2.28. The van der Waals surface area contributed by atoms with Crippen molar-refractivity contribution in [1.82, 2.24) is 0 Å². The Morgan fingerprint density at radius 2 is 2.00 bits per heavy atom. The van der Waals surface area contributed by atoms with Crippen LogP contribution in [0, 0.1) is 11.8 Å². The summed E-state index contributed by atoms with van der Waals surface area (Å²) in [6.45, 7) is 4.22. The van der Waals surface area contributed by atoms with E-state index >= 15 is 0 Å². The molecule has 1 fully saturated rings. The molecule has 4 heteroatoms. The highest BCUT2D eigenvalue weighted by molar-refractivity contribution is 5.73. The number of aliphatic carboxylic acids is 1. The van der Waals surface area contributed by atoms with Gasteiger partial charge in [-0.15, -0.1) is 0 Å². The minimum absolute atomic E-state index is 0.253. The molecule has 0 heterocycles. The van der Waals surface area contributed by atoms with E-state index in [2.05, 4.69) is 13.8 Å². The fourth-order valence-electron chi connectivity index (χ4n) is 2.53. The minimum Gasteiger partial charge on any atom is -0.479 e. The first-order valence-electron chi connectivity index (χ1n) is 5.96. The maximum atomic E-state index is 13.5. The van der Waals surface area contributed by atoms with Crippen molar-refractivity contribution in [3.8, 4) is 0 Å². The zero-order valence-electron chi connectivity index (χ0n) is 9.95. The van der Waals surface area contributed by atoms with Gasteiger partial charge in [0.25, 0.3) is 0 Å². The molecule has 1 saturated carbocycles. The second-order valence-corrected chi connectivity index (χ2v) is 5.24. The number of alkyl halides is 1. The van der Waals surface area contributed by atoms with Gasteiger partial charge in [-0.1, -0.05) is 26.7 Å². The highest BCUT2D eigenvalue weighted by atomic mass is 19.1. The molecular formula is C12H21FO3. The number of carboxylic acids is 1. The first kappa shape index (κ1) is 13.4. The summed E-state index contributed by atoms with van der Waals surface area (Å²) in [5, 5.41) is 18.7. The van der Waals surface area contributed by atoms with Crippen molar-refractivity contribution in [2.75, 3.05) is 0 Å². The van der Waals surface area contributed by atoms with E-state index in [0.29, 0.717) is 24.7 Å². The highest BCUT2D eigenvalue weighted by Gasteiger charge is 2.43. The lowest BCUT2D eigenvalue weighted by Crippen LogP contribution is -2.44. The molecule has 0 aromatic carbocycles. The molecule has 0 saturated heterocycles. The lowest BCUT2D eigenvalue weighted by atomic mass is 9.86. The predicted octanol–water partition coefficient (Wildman–Crippen LogP) is 2.38. The number of carbonyl (C=O) groups is 1. The molecule has 0 aromatic heterocycles. The molecule has 1 rings (SSSR count). The van der Waals surface area contributed by atoms with Gasteiger partial charge in [-0.05, 0) is 31.1 Å². The number of hydrogen-bond donors (Lipinski definition) is 2. The third kappa shape index (κ3) is 2.94. The lowest BCUT2D eigenvalue weighted by molar-refractivity contribution is -0.155. The van der Waals surface area contributed by atoms with Crippen LogP contribution in [-0.4, -0.2) is 28.0 Å². The van der Waals surface area contributed by atoms with Gasteiger partial charge in [-0.25, -0.2) is 9.18 Å². The van der Waals surface area contributed by atoms with Gasteiger partial charge in [0.05, 0.1) is 0 Å². The van der Waals surface area contributed by atoms with Crippen LogP contribution in [0.15, 0.2) is 0 Å². The van der Waals surface area contributed by atoms with Gasteiger partial charge in [0.1, 0.15) is 5.60 Å². The molecule has 0 aliphatic heterocycles. The Hall–Kier alpha value is -0.640. The fourth-order valence-corrected chi connectivity index (χ4v) is 2.53. The van der Waals surface area contributed by atoms with Crippen molar-refractivity contribution in [1.29, 1.82) is 0 Å². The third-order valence-electron chi connectivity index (χ3n) is 3.76. The molecule has 94 valence electrons. The van der Waals surface area contributed by atoms with Crippen molar-refractivity contribution in [2.24, 2.45) is 11.8 Å². The summed E-state index contributed by atoms with van der Waals surface area (Å²) in [6, 6.07) is 0. The molecule has 3 nitrogen and oxygen atoms in total. The Morgan fingerprint density at radius 1 is 1.38 bits per heavy atom. The Morgan fingerprint density at radius 3 is 2.50 bits per heavy atom. The van der Waals surface area contributed by atoms with Crippen molar-refractivity contribution >= 4 is 5.97 Å². The molecular weight excluding hydrogens is 211 g/mol. The topological polar surface area (TPSA) is 57.5 Å². The molecule has 3 atom stereocenters. The monoisotopic (exact) mass is 232 g/mol. The van der Waals surface area contributed by atoms with E-state index in [1.807, 2.05) is 0 Å². The predicted molar refractivity (Wildman–Crippen MR) is 58.9 cm³/mol. The molecule has 16 heavy (non-hydrogen) atoms. The van der Waals surface area contributed by atoms with E-state index in [0.717, 1.165) is 6.42 Å². The van der Waals surface area contributed by atoms with Gasteiger partial charge in [-0.3, -0.25) is 0 Å². The number of carboxylic acid groups (broad SMARTS) is 1. The van der Waals surface area contributed by atoms with Crippen LogP contribution in [0.5, 0.6) is 0 Å². The van der Waals surface area contributed by atoms with E-state index in [4.69, 9.17) is 5.11 Å². The van der Waals surface area contributed by atoms with E-state index in [9.17, 15) is 14.3 Å². The maximum Gasteiger partial charge on any atom is 0.341 e. The van der Waals surface area contributed by atoms with Crippen LogP contribution in [0.1, 0.15) is 46.0 Å². The second-order valence-electron chi connectivity index (χ2n) is 5.24. The van der Waals surface area contributed by atoms with Crippen LogP contribution in [0.25, 0.3) is 0 Å². The summed E-state index contributed by atoms with van der Waals surface area (Å²) >= 11 is 0. The van der Waals surface area contributed by atoms with Crippen LogP contribution >= 0.6 is 0 Å². The Kier molecular flexibility index (Phi) is 4.30. The first-order chi connectivity index (χ1) is 7.37. The average Bonchev–Trinajstić information content (AvgIpc) is 2.40. The zero-order chi connectivity index (χ0) is 12.3. The number of rotatable bonds is 3. The third-order valence-corrected chi connectivity index (χ3v) is 3.76. The van der Waals surface area contributed by atoms with Crippen molar-refractivity contribution in [3.63, 3.8) is 0 Å². The Balaban J connectivity index is 2.67. The number of aliphatic hydroxyl groups is 1. The van der Waals surface area contributed by atoms with Gasteiger partial charge < -0.3 is 10.2 Å². The van der Waals surface area contributed by atoms with Gasteiger partial charge in [0.15, 0.2) is 0 Å². The van der Waals surface area contributed by atoms with Gasteiger partial charge >= 0.3 is 5.97 Å². The quantitative estimate of drug-likeness (QED) is 0.734. The molecule has 0 spiro atoms. The van der Waals surface area contributed by atoms with Gasteiger partial charge in [0, 0.05) is 0 Å². The molecule has 0 aromatic rings. The summed E-state index contributed by atoms with van der Waals surface area (Å²) in [7, 11) is 0. The second kappa shape index (κ2) is 5.13. The molecule has 0 bridgehead atoms. The van der Waals surface area contributed by atoms with Crippen LogP contribution in [0.3, 0.4) is 0 Å². The van der Waals surface area contributed by atoms with Crippen molar-refractivity contribution in [3.05, 3.63) is 0 Å². The van der Waals surface area contributed by atoms with Crippen LogP contribution in [-0.2, 0) is 4.79 Å². The molecule has 0 radical (unpaired) electrons. The first-order valence-corrected chi connectivity index (χ1v) is 5.96. The molecule has 1 aliphatic rings. The van der Waals surface area contributed by atoms with Crippen LogP contribution < -0.4 is 0 Å². The van der Waals surface area contributed by atoms with Crippen LogP contribution in [0.4, 0.5) is 4.39 Å². The zero-order valence-corrected chi connectivity index (χ0v) is 9.95. The number of halogens is 1. The molecule has 1 aliphatic carbocycles. The maximum absolute atomic E-state index is 13.5.